The third kappa shape index (κ3) is 5.03. The lowest BCUT2D eigenvalue weighted by atomic mass is 10.2. The van der Waals surface area contributed by atoms with Gasteiger partial charge in [-0.3, -0.25) is 0 Å². The Bertz CT molecular complexity index is 856. The predicted octanol–water partition coefficient (Wildman–Crippen LogP) is 5.13. The standard InChI is InChI=1S/C22H22FNO3/c1-2-3-4-7-14-26-17-12-10-16(11-13-17)15-20-22(25)27-21(24-20)18-8-5-6-9-19(18)23/h5-6,8-13,15H,2-4,7,14H2,1H3/b20-15-. The molecular weight excluding hydrogens is 345 g/mol. The van der Waals surface area contributed by atoms with Crippen molar-refractivity contribution in [2.45, 2.75) is 32.6 Å². The summed E-state index contributed by atoms with van der Waals surface area (Å²) < 4.78 is 24.6. The van der Waals surface area contributed by atoms with Gasteiger partial charge in [-0.25, -0.2) is 14.2 Å². The molecule has 0 saturated carbocycles. The molecule has 140 valence electrons. The Kier molecular flexibility index (Phi) is 6.36. The Balaban J connectivity index is 1.65. The van der Waals surface area contributed by atoms with Crippen LogP contribution in [0, 0.1) is 5.82 Å². The maximum atomic E-state index is 13.8. The van der Waals surface area contributed by atoms with Crippen LogP contribution in [0.25, 0.3) is 6.08 Å². The highest BCUT2D eigenvalue weighted by atomic mass is 19.1. The molecule has 0 aliphatic carbocycles. The van der Waals surface area contributed by atoms with E-state index < -0.39 is 11.8 Å². The zero-order chi connectivity index (χ0) is 19.1. The summed E-state index contributed by atoms with van der Waals surface area (Å²) in [6, 6.07) is 13.5. The summed E-state index contributed by atoms with van der Waals surface area (Å²) in [6.07, 6.45) is 6.25. The maximum Gasteiger partial charge on any atom is 0.363 e. The third-order valence-corrected chi connectivity index (χ3v) is 4.17. The first kappa shape index (κ1) is 18.8. The molecule has 0 fully saturated rings. The number of rotatable bonds is 8. The van der Waals surface area contributed by atoms with Crippen LogP contribution in [0.4, 0.5) is 4.39 Å². The summed E-state index contributed by atoms with van der Waals surface area (Å²) in [5, 5.41) is 0. The van der Waals surface area contributed by atoms with Crippen LogP contribution in [-0.4, -0.2) is 18.5 Å². The van der Waals surface area contributed by atoms with E-state index in [1.807, 2.05) is 24.3 Å². The number of carbonyl (C=O) groups is 1. The van der Waals surface area contributed by atoms with E-state index in [0.29, 0.717) is 6.61 Å². The molecule has 2 aromatic rings. The van der Waals surface area contributed by atoms with Crippen LogP contribution in [-0.2, 0) is 9.53 Å². The van der Waals surface area contributed by atoms with Crippen LogP contribution in [0.2, 0.25) is 0 Å². The van der Waals surface area contributed by atoms with Crippen molar-refractivity contribution in [3.8, 4) is 5.75 Å². The van der Waals surface area contributed by atoms with Crippen molar-refractivity contribution in [2.75, 3.05) is 6.61 Å². The molecule has 0 N–H and O–H groups in total. The van der Waals surface area contributed by atoms with Crippen molar-refractivity contribution in [3.63, 3.8) is 0 Å². The van der Waals surface area contributed by atoms with Gasteiger partial charge in [0.05, 0.1) is 12.2 Å². The molecule has 0 radical (unpaired) electrons. The van der Waals surface area contributed by atoms with Crippen LogP contribution >= 0.6 is 0 Å². The lowest BCUT2D eigenvalue weighted by Gasteiger charge is -2.06. The zero-order valence-corrected chi connectivity index (χ0v) is 15.3. The average Bonchev–Trinajstić information content (AvgIpc) is 3.03. The van der Waals surface area contributed by atoms with Gasteiger partial charge in [0.2, 0.25) is 5.90 Å². The monoisotopic (exact) mass is 367 g/mol. The van der Waals surface area contributed by atoms with Crippen molar-refractivity contribution in [1.82, 2.24) is 0 Å². The highest BCUT2D eigenvalue weighted by Gasteiger charge is 2.25. The second kappa shape index (κ2) is 9.12. The van der Waals surface area contributed by atoms with Crippen LogP contribution in [0.15, 0.2) is 59.2 Å². The van der Waals surface area contributed by atoms with E-state index in [1.165, 1.54) is 31.4 Å². The molecule has 4 nitrogen and oxygen atoms in total. The fourth-order valence-corrected chi connectivity index (χ4v) is 2.70. The minimum Gasteiger partial charge on any atom is -0.494 e. The van der Waals surface area contributed by atoms with Gasteiger partial charge in [-0.05, 0) is 42.3 Å². The van der Waals surface area contributed by atoms with Crippen molar-refractivity contribution in [2.24, 2.45) is 4.99 Å². The smallest absolute Gasteiger partial charge is 0.363 e. The summed E-state index contributed by atoms with van der Waals surface area (Å²) in [6.45, 7) is 2.88. The van der Waals surface area contributed by atoms with Gasteiger partial charge in [0.15, 0.2) is 5.70 Å². The molecule has 5 heteroatoms. The number of hydrogen-bond donors (Lipinski definition) is 0. The second-order valence-electron chi connectivity index (χ2n) is 6.29. The number of cyclic esters (lactones) is 1. The van der Waals surface area contributed by atoms with E-state index in [4.69, 9.17) is 9.47 Å². The number of esters is 1. The van der Waals surface area contributed by atoms with E-state index in [2.05, 4.69) is 11.9 Å². The minimum atomic E-state index is -0.593. The van der Waals surface area contributed by atoms with Gasteiger partial charge in [0.25, 0.3) is 0 Å². The molecule has 0 saturated heterocycles. The molecule has 0 atom stereocenters. The number of nitrogens with zero attached hydrogens (tertiary/aromatic N) is 1. The number of aliphatic imine (C=N–C) groups is 1. The van der Waals surface area contributed by atoms with E-state index in [1.54, 1.807) is 18.2 Å². The highest BCUT2D eigenvalue weighted by molar-refractivity contribution is 6.12. The van der Waals surface area contributed by atoms with E-state index in [0.717, 1.165) is 17.7 Å². The Morgan fingerprint density at radius 3 is 2.59 bits per heavy atom. The quantitative estimate of drug-likeness (QED) is 0.369. The summed E-state index contributed by atoms with van der Waals surface area (Å²) in [5.41, 5.74) is 1.10. The second-order valence-corrected chi connectivity index (χ2v) is 6.29. The lowest BCUT2D eigenvalue weighted by molar-refractivity contribution is -0.129. The molecule has 0 bridgehead atoms. The van der Waals surface area contributed by atoms with Gasteiger partial charge in [-0.15, -0.1) is 0 Å². The highest BCUT2D eigenvalue weighted by Crippen LogP contribution is 2.21. The van der Waals surface area contributed by atoms with Gasteiger partial charge in [0.1, 0.15) is 11.6 Å². The number of hydrogen-bond acceptors (Lipinski definition) is 4. The normalized spacial score (nSPS) is 15.0. The van der Waals surface area contributed by atoms with Crippen LogP contribution < -0.4 is 4.74 Å². The molecule has 1 heterocycles. The molecule has 0 unspecified atom stereocenters. The first-order valence-electron chi connectivity index (χ1n) is 9.17. The SMILES string of the molecule is CCCCCCOc1ccc(/C=C2\N=C(c3ccccc3F)OC2=O)cc1. The molecule has 1 aliphatic heterocycles. The fourth-order valence-electron chi connectivity index (χ4n) is 2.70. The number of halogens is 1. The Labute approximate surface area is 158 Å². The first-order chi connectivity index (χ1) is 13.2. The van der Waals surface area contributed by atoms with Crippen LogP contribution in [0.3, 0.4) is 0 Å². The predicted molar refractivity (Wildman–Crippen MR) is 103 cm³/mol. The molecule has 3 rings (SSSR count). The van der Waals surface area contributed by atoms with Crippen LogP contribution in [0.1, 0.15) is 43.7 Å². The summed E-state index contributed by atoms with van der Waals surface area (Å²) in [5.74, 6) is -0.301. The fraction of sp³-hybridized carbons (Fsp3) is 0.273. The number of ether oxygens (including phenoxy) is 2. The summed E-state index contributed by atoms with van der Waals surface area (Å²) in [7, 11) is 0. The Hall–Kier alpha value is -2.95. The molecule has 1 aliphatic rings. The molecule has 0 aromatic heterocycles. The van der Waals surface area contributed by atoms with Crippen molar-refractivity contribution < 1.29 is 18.7 Å². The van der Waals surface area contributed by atoms with Gasteiger partial charge < -0.3 is 9.47 Å². The van der Waals surface area contributed by atoms with Crippen molar-refractivity contribution in [1.29, 1.82) is 0 Å². The molecular formula is C22H22FNO3. The molecule has 0 amide bonds. The van der Waals surface area contributed by atoms with Crippen LogP contribution in [0.5, 0.6) is 5.75 Å². The first-order valence-corrected chi connectivity index (χ1v) is 9.17. The zero-order valence-electron chi connectivity index (χ0n) is 15.3. The van der Waals surface area contributed by atoms with Gasteiger partial charge in [-0.2, -0.15) is 0 Å². The average molecular weight is 367 g/mol. The van der Waals surface area contributed by atoms with Gasteiger partial charge in [-0.1, -0.05) is 50.5 Å². The maximum absolute atomic E-state index is 13.8. The Morgan fingerprint density at radius 1 is 1.07 bits per heavy atom. The summed E-state index contributed by atoms with van der Waals surface area (Å²) in [4.78, 5) is 16.1. The van der Waals surface area contributed by atoms with Crippen molar-refractivity contribution in [3.05, 3.63) is 71.2 Å². The van der Waals surface area contributed by atoms with E-state index in [-0.39, 0.29) is 17.2 Å². The van der Waals surface area contributed by atoms with Gasteiger partial charge >= 0.3 is 5.97 Å². The third-order valence-electron chi connectivity index (χ3n) is 4.17. The molecule has 27 heavy (non-hydrogen) atoms. The van der Waals surface area contributed by atoms with Gasteiger partial charge in [0, 0.05) is 0 Å². The summed E-state index contributed by atoms with van der Waals surface area (Å²) >= 11 is 0. The number of unbranched alkanes of at least 4 members (excludes halogenated alkanes) is 3. The lowest BCUT2D eigenvalue weighted by Crippen LogP contribution is -2.07. The van der Waals surface area contributed by atoms with E-state index >= 15 is 0 Å². The Morgan fingerprint density at radius 2 is 1.85 bits per heavy atom. The van der Waals surface area contributed by atoms with E-state index in [9.17, 15) is 9.18 Å². The minimum absolute atomic E-state index is 0.0172. The van der Waals surface area contributed by atoms with Crippen molar-refractivity contribution >= 4 is 17.9 Å². The number of benzene rings is 2. The number of carbonyl (C=O) groups excluding carboxylic acids is 1. The largest absolute Gasteiger partial charge is 0.494 e. The topological polar surface area (TPSA) is 47.9 Å². The molecule has 2 aromatic carbocycles. The molecule has 0 spiro atoms.